The van der Waals surface area contributed by atoms with E-state index in [1.54, 1.807) is 34.9 Å². The summed E-state index contributed by atoms with van der Waals surface area (Å²) < 4.78 is 1.89. The van der Waals surface area contributed by atoms with Gasteiger partial charge in [-0.1, -0.05) is 83.7 Å². The number of Topliss-reactive ketones (excluding diaryl/α,β-unsaturated/α-hetero) is 1. The van der Waals surface area contributed by atoms with Gasteiger partial charge in [-0.05, 0) is 29.2 Å². The Bertz CT molecular complexity index is 888. The highest BCUT2D eigenvalue weighted by Gasteiger charge is 2.24. The van der Waals surface area contributed by atoms with E-state index >= 15 is 0 Å². The number of benzene rings is 2. The van der Waals surface area contributed by atoms with Gasteiger partial charge in [0, 0.05) is 12.2 Å². The number of rotatable bonds is 5. The lowest BCUT2D eigenvalue weighted by Crippen LogP contribution is -2.21. The highest BCUT2D eigenvalue weighted by molar-refractivity contribution is 8.03. The van der Waals surface area contributed by atoms with Gasteiger partial charge in [-0.3, -0.25) is 4.79 Å². The van der Waals surface area contributed by atoms with Gasteiger partial charge >= 0.3 is 0 Å². The first-order valence-corrected chi connectivity index (χ1v) is 11.1. The standard InChI is InChI=1S/C19H18N2OS3/c22-16-10-3-4-11-17(16)24-19-21-20-18(25-19)23-12-14-8-5-7-13-6-1-2-9-15(13)14/h1-2,5-9,17H,3-4,10-12H2/t17-/m0/s1. The van der Waals surface area contributed by atoms with Gasteiger partial charge in [0.2, 0.25) is 0 Å². The third-order valence-corrected chi connectivity index (χ3v) is 7.87. The van der Waals surface area contributed by atoms with E-state index in [4.69, 9.17) is 0 Å². The zero-order valence-electron chi connectivity index (χ0n) is 13.7. The molecule has 0 amide bonds. The summed E-state index contributed by atoms with van der Waals surface area (Å²) >= 11 is 4.92. The summed E-state index contributed by atoms with van der Waals surface area (Å²) in [4.78, 5) is 12.0. The van der Waals surface area contributed by atoms with Crippen molar-refractivity contribution in [2.45, 2.75) is 45.4 Å². The van der Waals surface area contributed by atoms with E-state index in [9.17, 15) is 4.79 Å². The van der Waals surface area contributed by atoms with Gasteiger partial charge in [0.15, 0.2) is 8.68 Å². The number of fused-ring (bicyclic) bond motifs is 1. The lowest BCUT2D eigenvalue weighted by Gasteiger charge is -2.17. The summed E-state index contributed by atoms with van der Waals surface area (Å²) in [7, 11) is 0. The number of aromatic nitrogens is 2. The molecule has 0 spiro atoms. The summed E-state index contributed by atoms with van der Waals surface area (Å²) in [6.45, 7) is 0. The average Bonchev–Trinajstić information content (AvgIpc) is 3.09. The molecule has 1 saturated carbocycles. The van der Waals surface area contributed by atoms with Crippen LogP contribution in [0.1, 0.15) is 31.2 Å². The topological polar surface area (TPSA) is 42.9 Å². The Labute approximate surface area is 159 Å². The van der Waals surface area contributed by atoms with E-state index in [2.05, 4.69) is 52.7 Å². The Morgan fingerprint density at radius 3 is 2.80 bits per heavy atom. The van der Waals surface area contributed by atoms with E-state index in [1.165, 1.54) is 16.3 Å². The average molecular weight is 387 g/mol. The van der Waals surface area contributed by atoms with Crippen LogP contribution in [-0.2, 0) is 10.5 Å². The second-order valence-corrected chi connectivity index (χ2v) is 9.73. The molecule has 1 atom stereocenters. The number of carbonyl (C=O) groups is 1. The molecule has 1 fully saturated rings. The molecule has 25 heavy (non-hydrogen) atoms. The molecule has 2 aromatic carbocycles. The van der Waals surface area contributed by atoms with Crippen LogP contribution in [0.3, 0.4) is 0 Å². The molecule has 0 aliphatic heterocycles. The van der Waals surface area contributed by atoms with Gasteiger partial charge < -0.3 is 0 Å². The van der Waals surface area contributed by atoms with Crippen LogP contribution >= 0.6 is 34.9 Å². The minimum absolute atomic E-state index is 0.0811. The Balaban J connectivity index is 1.42. The van der Waals surface area contributed by atoms with Crippen molar-refractivity contribution in [2.24, 2.45) is 0 Å². The smallest absolute Gasteiger partial charge is 0.175 e. The molecule has 0 radical (unpaired) electrons. The van der Waals surface area contributed by atoms with E-state index in [0.29, 0.717) is 5.78 Å². The van der Waals surface area contributed by atoms with Gasteiger partial charge in [-0.15, -0.1) is 10.2 Å². The fraction of sp³-hybridized carbons (Fsp3) is 0.316. The van der Waals surface area contributed by atoms with Crippen LogP contribution in [0.4, 0.5) is 0 Å². The fourth-order valence-electron chi connectivity index (χ4n) is 3.06. The van der Waals surface area contributed by atoms with Crippen molar-refractivity contribution in [3.05, 3.63) is 48.0 Å². The van der Waals surface area contributed by atoms with Crippen molar-refractivity contribution < 1.29 is 4.79 Å². The first-order valence-electron chi connectivity index (χ1n) is 8.42. The molecule has 1 aromatic heterocycles. The molecule has 0 unspecified atom stereocenters. The van der Waals surface area contributed by atoms with Gasteiger partial charge in [-0.25, -0.2) is 0 Å². The van der Waals surface area contributed by atoms with E-state index in [-0.39, 0.29) is 5.25 Å². The predicted molar refractivity (Wildman–Crippen MR) is 107 cm³/mol. The van der Waals surface area contributed by atoms with Gasteiger partial charge in [0.05, 0.1) is 5.25 Å². The van der Waals surface area contributed by atoms with E-state index in [1.807, 2.05) is 0 Å². The van der Waals surface area contributed by atoms with E-state index in [0.717, 1.165) is 40.1 Å². The van der Waals surface area contributed by atoms with Crippen LogP contribution in [-0.4, -0.2) is 21.2 Å². The second kappa shape index (κ2) is 7.89. The molecule has 1 aliphatic carbocycles. The summed E-state index contributed by atoms with van der Waals surface area (Å²) in [5.41, 5.74) is 1.31. The second-order valence-electron chi connectivity index (χ2n) is 6.08. The monoisotopic (exact) mass is 386 g/mol. The first-order chi connectivity index (χ1) is 12.3. The molecule has 4 rings (SSSR count). The van der Waals surface area contributed by atoms with Crippen LogP contribution in [0.25, 0.3) is 10.8 Å². The van der Waals surface area contributed by atoms with Crippen LogP contribution in [0.5, 0.6) is 0 Å². The number of ketones is 1. The molecule has 3 nitrogen and oxygen atoms in total. The van der Waals surface area contributed by atoms with Crippen LogP contribution in [0, 0.1) is 0 Å². The molecule has 6 heteroatoms. The molecule has 1 aliphatic rings. The van der Waals surface area contributed by atoms with Crippen molar-refractivity contribution in [1.82, 2.24) is 10.2 Å². The van der Waals surface area contributed by atoms with Crippen LogP contribution in [0.15, 0.2) is 51.1 Å². The van der Waals surface area contributed by atoms with Crippen molar-refractivity contribution in [1.29, 1.82) is 0 Å². The largest absolute Gasteiger partial charge is 0.298 e. The zero-order chi connectivity index (χ0) is 17.1. The fourth-order valence-corrected chi connectivity index (χ4v) is 6.45. The summed E-state index contributed by atoms with van der Waals surface area (Å²) in [6, 6.07) is 14.9. The molecule has 0 N–H and O–H groups in total. The maximum Gasteiger partial charge on any atom is 0.175 e. The molecule has 3 aromatic rings. The highest BCUT2D eigenvalue weighted by atomic mass is 32.2. The van der Waals surface area contributed by atoms with Crippen LogP contribution in [0.2, 0.25) is 0 Å². The molecule has 128 valence electrons. The third kappa shape index (κ3) is 4.07. The number of hydrogen-bond acceptors (Lipinski definition) is 6. The maximum absolute atomic E-state index is 12.0. The Morgan fingerprint density at radius 1 is 1.04 bits per heavy atom. The van der Waals surface area contributed by atoms with Crippen molar-refractivity contribution in [3.8, 4) is 0 Å². The van der Waals surface area contributed by atoms with Gasteiger partial charge in [0.25, 0.3) is 0 Å². The zero-order valence-corrected chi connectivity index (χ0v) is 16.1. The summed E-state index contributed by atoms with van der Waals surface area (Å²) in [6.07, 6.45) is 3.88. The minimum atomic E-state index is 0.0811. The lowest BCUT2D eigenvalue weighted by atomic mass is 9.99. The minimum Gasteiger partial charge on any atom is -0.298 e. The summed E-state index contributed by atoms with van der Waals surface area (Å²) in [5.74, 6) is 1.25. The van der Waals surface area contributed by atoms with Crippen molar-refractivity contribution >= 4 is 51.4 Å². The molecule has 0 bridgehead atoms. The Hall–Kier alpha value is -1.37. The normalized spacial score (nSPS) is 17.9. The number of carbonyl (C=O) groups excluding carboxylic acids is 1. The molecular weight excluding hydrogens is 368 g/mol. The molecule has 0 saturated heterocycles. The number of nitrogens with zero attached hydrogens (tertiary/aromatic N) is 2. The molecule has 1 heterocycles. The van der Waals surface area contributed by atoms with Gasteiger partial charge in [-0.2, -0.15) is 0 Å². The lowest BCUT2D eigenvalue weighted by molar-refractivity contribution is -0.119. The summed E-state index contributed by atoms with van der Waals surface area (Å²) in [5, 5.41) is 11.2. The Kier molecular flexibility index (Phi) is 5.39. The van der Waals surface area contributed by atoms with Crippen molar-refractivity contribution in [3.63, 3.8) is 0 Å². The molecular formula is C19H18N2OS3. The quantitative estimate of drug-likeness (QED) is 0.535. The SMILES string of the molecule is O=C1CCCC[C@@H]1Sc1nnc(SCc2cccc3ccccc23)s1. The van der Waals surface area contributed by atoms with Crippen molar-refractivity contribution in [2.75, 3.05) is 0 Å². The van der Waals surface area contributed by atoms with Gasteiger partial charge in [0.1, 0.15) is 5.78 Å². The Morgan fingerprint density at radius 2 is 1.88 bits per heavy atom. The maximum atomic E-state index is 12.0. The van der Waals surface area contributed by atoms with Crippen LogP contribution < -0.4 is 0 Å². The highest BCUT2D eigenvalue weighted by Crippen LogP contribution is 2.36. The predicted octanol–water partition coefficient (Wildman–Crippen LogP) is 5.59. The first kappa shape index (κ1) is 17.1. The number of hydrogen-bond donors (Lipinski definition) is 0. The third-order valence-electron chi connectivity index (χ3n) is 4.36. The van der Waals surface area contributed by atoms with E-state index < -0.39 is 0 Å². The number of thioether (sulfide) groups is 2.